The Kier molecular flexibility index (Phi) is 2.67. The van der Waals surface area contributed by atoms with Crippen molar-refractivity contribution in [2.45, 2.75) is 6.16 Å². The zero-order valence-corrected chi connectivity index (χ0v) is 7.16. The Morgan fingerprint density at radius 1 is 1.30 bits per heavy atom. The minimum atomic E-state index is -0.837. The molecule has 0 atom stereocenters. The molecule has 0 saturated carbocycles. The van der Waals surface area contributed by atoms with Crippen LogP contribution in [0.4, 0.5) is 5.69 Å². The quantitative estimate of drug-likeness (QED) is 0.493. The zero-order valence-electron chi connectivity index (χ0n) is 5.75. The summed E-state index contributed by atoms with van der Waals surface area (Å²) in [5.74, 6) is 0. The van der Waals surface area contributed by atoms with Crippen molar-refractivity contribution in [3.8, 4) is 0 Å². The van der Waals surface area contributed by atoms with Crippen LogP contribution in [-0.4, -0.2) is 4.89 Å². The van der Waals surface area contributed by atoms with Crippen LogP contribution in [0.3, 0.4) is 0 Å². The Labute approximate surface area is 61.9 Å². The molecular formula is C7H12NOP. The molecule has 0 saturated heterocycles. The van der Waals surface area contributed by atoms with E-state index in [1.165, 1.54) is 5.56 Å². The van der Waals surface area contributed by atoms with Crippen molar-refractivity contribution in [2.75, 3.05) is 5.73 Å². The molecule has 0 heterocycles. The SMILES string of the molecule is Nc1ccc(C[PH3]O)cc1. The number of nitrogens with two attached hydrogens (primary N) is 1. The van der Waals surface area contributed by atoms with Crippen LogP contribution in [0.15, 0.2) is 24.3 Å². The number of hydrogen-bond donors (Lipinski definition) is 2. The summed E-state index contributed by atoms with van der Waals surface area (Å²) in [6.07, 6.45) is 0.847. The molecule has 0 radical (unpaired) electrons. The average molecular weight is 157 g/mol. The summed E-state index contributed by atoms with van der Waals surface area (Å²) in [6.45, 7) is 0. The van der Waals surface area contributed by atoms with E-state index >= 15 is 0 Å². The average Bonchev–Trinajstić information content (AvgIpc) is 1.95. The van der Waals surface area contributed by atoms with Gasteiger partial charge in [-0.3, -0.25) is 0 Å². The molecule has 0 bridgehead atoms. The van der Waals surface area contributed by atoms with Crippen LogP contribution < -0.4 is 5.73 Å². The fraction of sp³-hybridized carbons (Fsp3) is 0.143. The summed E-state index contributed by atoms with van der Waals surface area (Å²) < 4.78 is 0. The summed E-state index contributed by atoms with van der Waals surface area (Å²) in [4.78, 5) is 8.70. The molecule has 0 amide bonds. The van der Waals surface area contributed by atoms with Gasteiger partial charge in [-0.2, -0.15) is 0 Å². The topological polar surface area (TPSA) is 46.2 Å². The van der Waals surface area contributed by atoms with Gasteiger partial charge in [0.25, 0.3) is 0 Å². The van der Waals surface area contributed by atoms with Gasteiger partial charge < -0.3 is 0 Å². The fourth-order valence-electron chi connectivity index (χ4n) is 0.813. The van der Waals surface area contributed by atoms with E-state index in [9.17, 15) is 0 Å². The third-order valence-corrected chi connectivity index (χ3v) is 2.18. The van der Waals surface area contributed by atoms with Crippen LogP contribution in [0.1, 0.15) is 5.56 Å². The van der Waals surface area contributed by atoms with E-state index in [0.29, 0.717) is 0 Å². The Bertz CT molecular complexity index is 197. The minimum absolute atomic E-state index is 0.781. The third kappa shape index (κ3) is 1.98. The van der Waals surface area contributed by atoms with Crippen LogP contribution in [0.25, 0.3) is 0 Å². The normalized spacial score (nSPS) is 10.1. The van der Waals surface area contributed by atoms with Gasteiger partial charge in [0, 0.05) is 0 Å². The van der Waals surface area contributed by atoms with E-state index in [2.05, 4.69) is 0 Å². The van der Waals surface area contributed by atoms with E-state index in [1.54, 1.807) is 0 Å². The van der Waals surface area contributed by atoms with Crippen molar-refractivity contribution in [3.63, 3.8) is 0 Å². The van der Waals surface area contributed by atoms with Gasteiger partial charge in [-0.15, -0.1) is 0 Å². The van der Waals surface area contributed by atoms with Gasteiger partial charge in [0.2, 0.25) is 0 Å². The molecule has 10 heavy (non-hydrogen) atoms. The molecule has 1 aromatic carbocycles. The van der Waals surface area contributed by atoms with Gasteiger partial charge in [-0.25, -0.2) is 0 Å². The molecule has 56 valence electrons. The van der Waals surface area contributed by atoms with E-state index < -0.39 is 8.81 Å². The maximum atomic E-state index is 8.70. The standard InChI is InChI=1S/C7H12NOP/c8-7-3-1-6(2-4-7)5-10-9/h1-4,9H,5,8H2,10H3. The van der Waals surface area contributed by atoms with Crippen molar-refractivity contribution in [2.24, 2.45) is 0 Å². The summed E-state index contributed by atoms with van der Waals surface area (Å²) in [5.41, 5.74) is 7.44. The summed E-state index contributed by atoms with van der Waals surface area (Å²) in [5, 5.41) is 0. The molecule has 0 fully saturated rings. The number of nitrogen functional groups attached to an aromatic ring is 1. The van der Waals surface area contributed by atoms with Crippen LogP contribution in [-0.2, 0) is 6.16 Å². The van der Waals surface area contributed by atoms with Crippen molar-refractivity contribution in [1.82, 2.24) is 0 Å². The Morgan fingerprint density at radius 2 is 1.90 bits per heavy atom. The first-order valence-electron chi connectivity index (χ1n) is 3.28. The van der Waals surface area contributed by atoms with E-state index in [4.69, 9.17) is 10.6 Å². The second-order valence-corrected chi connectivity index (χ2v) is 3.16. The fourth-order valence-corrected chi connectivity index (χ4v) is 1.40. The van der Waals surface area contributed by atoms with E-state index in [-0.39, 0.29) is 0 Å². The summed E-state index contributed by atoms with van der Waals surface area (Å²) >= 11 is 0. The first-order valence-corrected chi connectivity index (χ1v) is 4.91. The van der Waals surface area contributed by atoms with E-state index in [0.717, 1.165) is 11.8 Å². The molecule has 0 spiro atoms. The molecule has 0 aromatic heterocycles. The molecule has 3 heteroatoms. The van der Waals surface area contributed by atoms with Gasteiger partial charge in [0.15, 0.2) is 0 Å². The molecule has 0 aliphatic rings. The first kappa shape index (κ1) is 7.52. The van der Waals surface area contributed by atoms with Gasteiger partial charge >= 0.3 is 61.1 Å². The Morgan fingerprint density at radius 3 is 2.40 bits per heavy atom. The van der Waals surface area contributed by atoms with Gasteiger partial charge in [-0.05, 0) is 0 Å². The molecule has 0 aliphatic carbocycles. The molecule has 2 nitrogen and oxygen atoms in total. The number of rotatable bonds is 2. The molecule has 1 aromatic rings. The maximum absolute atomic E-state index is 8.70. The monoisotopic (exact) mass is 157 g/mol. The zero-order chi connectivity index (χ0) is 7.40. The third-order valence-electron chi connectivity index (χ3n) is 1.38. The number of anilines is 1. The van der Waals surface area contributed by atoms with Crippen molar-refractivity contribution in [1.29, 1.82) is 0 Å². The predicted molar refractivity (Wildman–Crippen MR) is 47.9 cm³/mol. The molecular weight excluding hydrogens is 145 g/mol. The summed E-state index contributed by atoms with van der Waals surface area (Å²) in [6, 6.07) is 7.63. The van der Waals surface area contributed by atoms with Crippen LogP contribution in [0, 0.1) is 0 Å². The molecule has 1 rings (SSSR count). The number of benzene rings is 1. The Hall–Kier alpha value is -0.590. The summed E-state index contributed by atoms with van der Waals surface area (Å²) in [7, 11) is -0.837. The van der Waals surface area contributed by atoms with Gasteiger partial charge in [0.1, 0.15) is 0 Å². The van der Waals surface area contributed by atoms with Gasteiger partial charge in [0.05, 0.1) is 0 Å². The molecule has 0 aliphatic heterocycles. The number of hydrogen-bond acceptors (Lipinski definition) is 2. The van der Waals surface area contributed by atoms with Crippen LogP contribution in [0.2, 0.25) is 0 Å². The van der Waals surface area contributed by atoms with Gasteiger partial charge in [-0.1, -0.05) is 0 Å². The predicted octanol–water partition coefficient (Wildman–Crippen LogP) is 0.819. The second-order valence-electron chi connectivity index (χ2n) is 2.22. The van der Waals surface area contributed by atoms with Crippen molar-refractivity contribution >= 4 is 14.5 Å². The first-order chi connectivity index (χ1) is 4.83. The van der Waals surface area contributed by atoms with Crippen LogP contribution in [0.5, 0.6) is 0 Å². The van der Waals surface area contributed by atoms with E-state index in [1.807, 2.05) is 24.3 Å². The van der Waals surface area contributed by atoms with Crippen LogP contribution >= 0.6 is 8.81 Å². The van der Waals surface area contributed by atoms with Crippen molar-refractivity contribution < 1.29 is 4.89 Å². The second kappa shape index (κ2) is 3.55. The molecule has 0 unspecified atom stereocenters. The Balaban J connectivity index is 2.69. The van der Waals surface area contributed by atoms with Crippen molar-refractivity contribution in [3.05, 3.63) is 29.8 Å². The molecule has 3 N–H and O–H groups in total.